The number of thiazole rings is 1. The van der Waals surface area contributed by atoms with Crippen LogP contribution in [0.5, 0.6) is 0 Å². The van der Waals surface area contributed by atoms with E-state index in [2.05, 4.69) is 10.3 Å². The Hall–Kier alpha value is -2.66. The lowest BCUT2D eigenvalue weighted by Gasteiger charge is -2.08. The van der Waals surface area contributed by atoms with Gasteiger partial charge in [0.1, 0.15) is 0 Å². The number of carbonyl (C=O) groups is 1. The molecule has 22 heavy (non-hydrogen) atoms. The van der Waals surface area contributed by atoms with E-state index in [0.717, 1.165) is 22.5 Å². The predicted molar refractivity (Wildman–Crippen MR) is 91.1 cm³/mol. The lowest BCUT2D eigenvalue weighted by Crippen LogP contribution is -2.13. The van der Waals surface area contributed by atoms with Crippen molar-refractivity contribution in [1.82, 2.24) is 4.98 Å². The number of aryl methyl sites for hydroxylation is 1. The Morgan fingerprint density at radius 3 is 2.50 bits per heavy atom. The minimum absolute atomic E-state index is 0.108. The highest BCUT2D eigenvalue weighted by molar-refractivity contribution is 7.13. The fraction of sp³-hybridized carbons (Fsp3) is 0.0588. The molecule has 0 radical (unpaired) electrons. The van der Waals surface area contributed by atoms with Gasteiger partial charge in [0.05, 0.1) is 5.69 Å². The summed E-state index contributed by atoms with van der Waals surface area (Å²) in [6.07, 6.45) is 0. The highest BCUT2D eigenvalue weighted by Crippen LogP contribution is 2.24. The van der Waals surface area contributed by atoms with Gasteiger partial charge in [0.25, 0.3) is 5.91 Å². The van der Waals surface area contributed by atoms with E-state index in [4.69, 9.17) is 5.73 Å². The van der Waals surface area contributed by atoms with Crippen LogP contribution >= 0.6 is 11.3 Å². The van der Waals surface area contributed by atoms with Gasteiger partial charge in [-0.15, -0.1) is 11.3 Å². The van der Waals surface area contributed by atoms with Crippen molar-refractivity contribution in [2.24, 2.45) is 0 Å². The molecule has 5 heteroatoms. The SMILES string of the molecule is Cc1ccccc1C(=O)Nc1ccc(-c2csc(N)n2)cc1. The summed E-state index contributed by atoms with van der Waals surface area (Å²) in [5, 5.41) is 5.36. The zero-order valence-electron chi connectivity index (χ0n) is 12.0. The number of nitrogens with zero attached hydrogens (tertiary/aromatic N) is 1. The van der Waals surface area contributed by atoms with Gasteiger partial charge in [0.2, 0.25) is 0 Å². The van der Waals surface area contributed by atoms with E-state index in [-0.39, 0.29) is 5.91 Å². The largest absolute Gasteiger partial charge is 0.375 e. The molecule has 0 bridgehead atoms. The molecule has 0 fully saturated rings. The molecular formula is C17H15N3OS. The molecule has 0 spiro atoms. The Morgan fingerprint density at radius 1 is 1.14 bits per heavy atom. The van der Waals surface area contributed by atoms with Gasteiger partial charge in [-0.3, -0.25) is 4.79 Å². The summed E-state index contributed by atoms with van der Waals surface area (Å²) in [6.45, 7) is 1.92. The van der Waals surface area contributed by atoms with Crippen molar-refractivity contribution in [3.05, 3.63) is 65.0 Å². The van der Waals surface area contributed by atoms with Crippen molar-refractivity contribution in [3.8, 4) is 11.3 Å². The third-order valence-corrected chi connectivity index (χ3v) is 4.02. The zero-order valence-corrected chi connectivity index (χ0v) is 12.9. The molecule has 1 aromatic heterocycles. The van der Waals surface area contributed by atoms with Crippen molar-refractivity contribution >= 4 is 28.1 Å². The van der Waals surface area contributed by atoms with Crippen molar-refractivity contribution < 1.29 is 4.79 Å². The first kappa shape index (κ1) is 14.3. The van der Waals surface area contributed by atoms with Gasteiger partial charge in [0, 0.05) is 22.2 Å². The summed E-state index contributed by atoms with van der Waals surface area (Å²) in [4.78, 5) is 16.5. The van der Waals surface area contributed by atoms with Crippen molar-refractivity contribution in [3.63, 3.8) is 0 Å². The standard InChI is InChI=1S/C17H15N3OS/c1-11-4-2-3-5-14(11)16(21)19-13-8-6-12(7-9-13)15-10-22-17(18)20-15/h2-10H,1H3,(H2,18,20)(H,19,21). The summed E-state index contributed by atoms with van der Waals surface area (Å²) in [7, 11) is 0. The molecule has 0 unspecified atom stereocenters. The number of hydrogen-bond donors (Lipinski definition) is 2. The second-order valence-electron chi connectivity index (χ2n) is 4.92. The Balaban J connectivity index is 1.76. The number of anilines is 2. The molecule has 0 aliphatic rings. The maximum absolute atomic E-state index is 12.3. The monoisotopic (exact) mass is 309 g/mol. The van der Waals surface area contributed by atoms with Crippen LogP contribution in [-0.2, 0) is 0 Å². The first-order valence-electron chi connectivity index (χ1n) is 6.82. The van der Waals surface area contributed by atoms with Crippen LogP contribution in [0.15, 0.2) is 53.9 Å². The highest BCUT2D eigenvalue weighted by atomic mass is 32.1. The summed E-state index contributed by atoms with van der Waals surface area (Å²) < 4.78 is 0. The number of nitrogens with two attached hydrogens (primary N) is 1. The van der Waals surface area contributed by atoms with Gasteiger partial charge in [-0.25, -0.2) is 4.98 Å². The van der Waals surface area contributed by atoms with E-state index in [1.165, 1.54) is 11.3 Å². The Morgan fingerprint density at radius 2 is 1.86 bits per heavy atom. The molecule has 1 heterocycles. The number of nitrogen functional groups attached to an aromatic ring is 1. The normalized spacial score (nSPS) is 10.4. The van der Waals surface area contributed by atoms with E-state index in [1.807, 2.05) is 60.8 Å². The molecule has 4 nitrogen and oxygen atoms in total. The molecule has 0 aliphatic carbocycles. The lowest BCUT2D eigenvalue weighted by atomic mass is 10.1. The minimum Gasteiger partial charge on any atom is -0.375 e. The zero-order chi connectivity index (χ0) is 15.5. The third kappa shape index (κ3) is 2.99. The number of hydrogen-bond acceptors (Lipinski definition) is 4. The molecule has 0 saturated carbocycles. The van der Waals surface area contributed by atoms with Gasteiger partial charge in [-0.1, -0.05) is 30.3 Å². The van der Waals surface area contributed by atoms with Crippen LogP contribution in [0, 0.1) is 6.92 Å². The first-order chi connectivity index (χ1) is 10.6. The second kappa shape index (κ2) is 5.99. The van der Waals surface area contributed by atoms with Crippen molar-refractivity contribution in [1.29, 1.82) is 0 Å². The first-order valence-corrected chi connectivity index (χ1v) is 7.70. The van der Waals surface area contributed by atoms with E-state index in [9.17, 15) is 4.79 Å². The molecule has 0 atom stereocenters. The van der Waals surface area contributed by atoms with E-state index in [1.54, 1.807) is 0 Å². The van der Waals surface area contributed by atoms with Crippen LogP contribution in [-0.4, -0.2) is 10.9 Å². The fourth-order valence-corrected chi connectivity index (χ4v) is 2.74. The number of carbonyl (C=O) groups excluding carboxylic acids is 1. The number of rotatable bonds is 3. The van der Waals surface area contributed by atoms with Crippen LogP contribution in [0.3, 0.4) is 0 Å². The average Bonchev–Trinajstić information content (AvgIpc) is 2.95. The second-order valence-corrected chi connectivity index (χ2v) is 5.81. The predicted octanol–water partition coefficient (Wildman–Crippen LogP) is 3.95. The minimum atomic E-state index is -0.108. The third-order valence-electron chi connectivity index (χ3n) is 3.35. The van der Waals surface area contributed by atoms with Gasteiger partial charge in [-0.2, -0.15) is 0 Å². The van der Waals surface area contributed by atoms with Crippen LogP contribution in [0.1, 0.15) is 15.9 Å². The summed E-state index contributed by atoms with van der Waals surface area (Å²) >= 11 is 1.41. The van der Waals surface area contributed by atoms with E-state index >= 15 is 0 Å². The molecule has 1 amide bonds. The molecule has 3 rings (SSSR count). The maximum Gasteiger partial charge on any atom is 0.255 e. The van der Waals surface area contributed by atoms with Gasteiger partial charge >= 0.3 is 0 Å². The van der Waals surface area contributed by atoms with Crippen LogP contribution in [0.4, 0.5) is 10.8 Å². The molecule has 0 saturated heterocycles. The molecule has 3 aromatic rings. The summed E-state index contributed by atoms with van der Waals surface area (Å²) in [6, 6.07) is 15.1. The van der Waals surface area contributed by atoms with Crippen LogP contribution in [0.2, 0.25) is 0 Å². The Kier molecular flexibility index (Phi) is 3.89. The van der Waals surface area contributed by atoms with Gasteiger partial charge < -0.3 is 11.1 Å². The van der Waals surface area contributed by atoms with Crippen LogP contribution < -0.4 is 11.1 Å². The van der Waals surface area contributed by atoms with Gasteiger partial charge in [-0.05, 0) is 30.7 Å². The van der Waals surface area contributed by atoms with E-state index < -0.39 is 0 Å². The Labute approximate surface area is 132 Å². The quantitative estimate of drug-likeness (QED) is 0.769. The van der Waals surface area contributed by atoms with Crippen LogP contribution in [0.25, 0.3) is 11.3 Å². The number of aromatic nitrogens is 1. The highest BCUT2D eigenvalue weighted by Gasteiger charge is 2.09. The van der Waals surface area contributed by atoms with Crippen molar-refractivity contribution in [2.75, 3.05) is 11.1 Å². The van der Waals surface area contributed by atoms with Gasteiger partial charge in [0.15, 0.2) is 5.13 Å². The maximum atomic E-state index is 12.3. The lowest BCUT2D eigenvalue weighted by molar-refractivity contribution is 0.102. The Bertz CT molecular complexity index is 809. The number of nitrogens with one attached hydrogen (secondary N) is 1. The average molecular weight is 309 g/mol. The molecule has 110 valence electrons. The van der Waals surface area contributed by atoms with Crippen molar-refractivity contribution in [2.45, 2.75) is 6.92 Å². The molecular weight excluding hydrogens is 294 g/mol. The summed E-state index contributed by atoms with van der Waals surface area (Å²) in [5.74, 6) is -0.108. The molecule has 3 N–H and O–H groups in total. The topological polar surface area (TPSA) is 68.0 Å². The molecule has 0 aliphatic heterocycles. The smallest absolute Gasteiger partial charge is 0.255 e. The fourth-order valence-electron chi connectivity index (χ4n) is 2.17. The number of amides is 1. The van der Waals surface area contributed by atoms with E-state index in [0.29, 0.717) is 10.7 Å². The number of benzene rings is 2. The molecule has 2 aromatic carbocycles. The summed E-state index contributed by atoms with van der Waals surface area (Å²) in [5.41, 5.74) is 9.84.